The van der Waals surface area contributed by atoms with E-state index in [4.69, 9.17) is 21.4 Å². The van der Waals surface area contributed by atoms with Crippen molar-refractivity contribution in [2.75, 3.05) is 25.2 Å². The Bertz CT molecular complexity index is 972. The van der Waals surface area contributed by atoms with Crippen LogP contribution in [-0.4, -0.2) is 36.4 Å². The Kier molecular flexibility index (Phi) is 6.44. The number of hydrogen-bond acceptors (Lipinski definition) is 5. The summed E-state index contributed by atoms with van der Waals surface area (Å²) in [4.78, 5) is 19.6. The predicted octanol–water partition coefficient (Wildman–Crippen LogP) is 4.43. The number of halogens is 1. The maximum Gasteiger partial charge on any atom is 0.271 e. The van der Waals surface area contributed by atoms with E-state index in [0.717, 1.165) is 22.4 Å². The van der Waals surface area contributed by atoms with E-state index in [2.05, 4.69) is 4.99 Å². The second-order valence-corrected chi connectivity index (χ2v) is 7.65. The third kappa shape index (κ3) is 4.09. The highest BCUT2D eigenvalue weighted by atomic mass is 35.5. The zero-order valence-corrected chi connectivity index (χ0v) is 17.5. The van der Waals surface area contributed by atoms with Gasteiger partial charge >= 0.3 is 0 Å². The van der Waals surface area contributed by atoms with Gasteiger partial charge in [0.05, 0.1) is 22.2 Å². The quantitative estimate of drug-likeness (QED) is 0.732. The molecule has 0 unspecified atom stereocenters. The van der Waals surface area contributed by atoms with Gasteiger partial charge in [-0.15, -0.1) is 0 Å². The lowest BCUT2D eigenvalue weighted by Gasteiger charge is -2.19. The van der Waals surface area contributed by atoms with Crippen LogP contribution in [0, 0.1) is 13.8 Å². The van der Waals surface area contributed by atoms with E-state index in [0.29, 0.717) is 20.8 Å². The fourth-order valence-corrected chi connectivity index (χ4v) is 4.02. The summed E-state index contributed by atoms with van der Waals surface area (Å²) in [5.41, 5.74) is 3.79. The molecule has 0 spiro atoms. The average molecular weight is 417 g/mol. The van der Waals surface area contributed by atoms with E-state index < -0.39 is 0 Å². The first-order valence-electron chi connectivity index (χ1n) is 8.76. The Labute approximate surface area is 173 Å². The largest absolute Gasteiger partial charge is 0.490 e. The molecule has 0 aromatic heterocycles. The maximum absolute atomic E-state index is 13.1. The lowest BCUT2D eigenvalue weighted by atomic mass is 10.1. The first-order valence-corrected chi connectivity index (χ1v) is 9.96. The predicted molar refractivity (Wildman–Crippen MR) is 116 cm³/mol. The standard InChI is InChI=1S/C21H21ClN2O3S/c1-13-5-4-6-17(14(13)2)24-20(26)19(28-21(24)23-3)12-15-7-8-18(16(22)11-15)27-10-9-25/h4-8,11-12,25H,9-10H2,1-3H3/b19-12-,23-21?. The number of carbonyl (C=O) groups excluding carboxylic acids is 1. The van der Waals surface area contributed by atoms with Crippen LogP contribution in [0.4, 0.5) is 5.69 Å². The van der Waals surface area contributed by atoms with Crippen molar-refractivity contribution in [3.8, 4) is 5.75 Å². The van der Waals surface area contributed by atoms with Crippen LogP contribution in [0.25, 0.3) is 6.08 Å². The first-order chi connectivity index (χ1) is 13.5. The van der Waals surface area contributed by atoms with E-state index in [1.165, 1.54) is 11.8 Å². The number of hydrogen-bond donors (Lipinski definition) is 1. The minimum Gasteiger partial charge on any atom is -0.490 e. The van der Waals surface area contributed by atoms with Gasteiger partial charge in [-0.1, -0.05) is 29.8 Å². The zero-order chi connectivity index (χ0) is 20.3. The molecular weight excluding hydrogens is 396 g/mol. The van der Waals surface area contributed by atoms with Crippen LogP contribution in [0.2, 0.25) is 5.02 Å². The summed E-state index contributed by atoms with van der Waals surface area (Å²) in [6.07, 6.45) is 1.80. The number of amides is 1. The van der Waals surface area contributed by atoms with Crippen molar-refractivity contribution in [2.24, 2.45) is 4.99 Å². The van der Waals surface area contributed by atoms with Gasteiger partial charge in [0.25, 0.3) is 5.91 Å². The SMILES string of the molecule is CN=C1S/C(=C\c2ccc(OCCO)c(Cl)c2)C(=O)N1c1cccc(C)c1C. The summed E-state index contributed by atoms with van der Waals surface area (Å²) >= 11 is 7.58. The third-order valence-corrected chi connectivity index (χ3v) is 5.77. The van der Waals surface area contributed by atoms with Crippen LogP contribution in [0.15, 0.2) is 46.3 Å². The van der Waals surface area contributed by atoms with Gasteiger partial charge in [-0.05, 0) is 66.6 Å². The van der Waals surface area contributed by atoms with Crippen molar-refractivity contribution >= 4 is 46.2 Å². The number of aliphatic imine (C=N–C) groups is 1. The summed E-state index contributed by atoms with van der Waals surface area (Å²) in [6, 6.07) is 11.2. The highest BCUT2D eigenvalue weighted by Crippen LogP contribution is 2.38. The smallest absolute Gasteiger partial charge is 0.271 e. The molecule has 0 radical (unpaired) electrons. The van der Waals surface area contributed by atoms with E-state index >= 15 is 0 Å². The fourth-order valence-electron chi connectivity index (χ4n) is 2.84. The molecule has 0 aliphatic carbocycles. The molecule has 1 N–H and O–H groups in total. The van der Waals surface area contributed by atoms with Gasteiger partial charge in [0.15, 0.2) is 5.17 Å². The Morgan fingerprint density at radius 2 is 2.07 bits per heavy atom. The molecule has 1 aliphatic heterocycles. The number of thioether (sulfide) groups is 1. The van der Waals surface area contributed by atoms with E-state index in [1.807, 2.05) is 38.1 Å². The van der Waals surface area contributed by atoms with Crippen molar-refractivity contribution in [1.82, 2.24) is 0 Å². The van der Waals surface area contributed by atoms with Crippen LogP contribution < -0.4 is 9.64 Å². The second-order valence-electron chi connectivity index (χ2n) is 6.24. The topological polar surface area (TPSA) is 62.1 Å². The Morgan fingerprint density at radius 3 is 2.75 bits per heavy atom. The van der Waals surface area contributed by atoms with Crippen molar-refractivity contribution in [3.05, 3.63) is 63.0 Å². The molecular formula is C21H21ClN2O3S. The number of anilines is 1. The molecule has 1 saturated heterocycles. The van der Waals surface area contributed by atoms with Crippen LogP contribution in [0.3, 0.4) is 0 Å². The summed E-state index contributed by atoms with van der Waals surface area (Å²) in [7, 11) is 1.68. The van der Waals surface area contributed by atoms with Gasteiger partial charge < -0.3 is 9.84 Å². The number of rotatable bonds is 5. The molecule has 146 valence electrons. The average Bonchev–Trinajstić information content (AvgIpc) is 2.99. The molecule has 1 fully saturated rings. The molecule has 0 atom stereocenters. The van der Waals surface area contributed by atoms with Gasteiger partial charge in [-0.25, -0.2) is 0 Å². The van der Waals surface area contributed by atoms with E-state index in [-0.39, 0.29) is 19.1 Å². The second kappa shape index (κ2) is 8.82. The minimum absolute atomic E-state index is 0.0827. The van der Waals surface area contributed by atoms with Crippen molar-refractivity contribution in [1.29, 1.82) is 0 Å². The van der Waals surface area contributed by atoms with Gasteiger partial charge in [-0.2, -0.15) is 0 Å². The molecule has 2 aromatic rings. The lowest BCUT2D eigenvalue weighted by molar-refractivity contribution is -0.113. The Balaban J connectivity index is 1.93. The number of amidine groups is 1. The number of aliphatic hydroxyl groups excluding tert-OH is 1. The number of aryl methyl sites for hydroxylation is 1. The molecule has 0 bridgehead atoms. The molecule has 1 aliphatic rings. The lowest BCUT2D eigenvalue weighted by Crippen LogP contribution is -2.29. The molecule has 2 aromatic carbocycles. The zero-order valence-electron chi connectivity index (χ0n) is 15.9. The van der Waals surface area contributed by atoms with Gasteiger partial charge in [0.1, 0.15) is 12.4 Å². The van der Waals surface area contributed by atoms with Crippen molar-refractivity contribution in [3.63, 3.8) is 0 Å². The summed E-state index contributed by atoms with van der Waals surface area (Å²) < 4.78 is 5.36. The first kappa shape index (κ1) is 20.5. The summed E-state index contributed by atoms with van der Waals surface area (Å²) in [5, 5.41) is 9.92. The van der Waals surface area contributed by atoms with Gasteiger partial charge in [0, 0.05) is 7.05 Å². The van der Waals surface area contributed by atoms with Crippen molar-refractivity contribution < 1.29 is 14.6 Å². The number of carbonyl (C=O) groups is 1. The van der Waals surface area contributed by atoms with Gasteiger partial charge in [-0.3, -0.25) is 14.7 Å². The molecule has 5 nitrogen and oxygen atoms in total. The molecule has 7 heteroatoms. The van der Waals surface area contributed by atoms with Crippen LogP contribution >= 0.6 is 23.4 Å². The number of ether oxygens (including phenoxy) is 1. The highest BCUT2D eigenvalue weighted by molar-refractivity contribution is 8.19. The Hall–Kier alpha value is -2.28. The summed E-state index contributed by atoms with van der Waals surface area (Å²) in [6.45, 7) is 4.12. The maximum atomic E-state index is 13.1. The number of aliphatic hydroxyl groups is 1. The van der Waals surface area contributed by atoms with Gasteiger partial charge in [0.2, 0.25) is 0 Å². The molecule has 1 amide bonds. The molecule has 3 rings (SSSR count). The molecule has 28 heavy (non-hydrogen) atoms. The minimum atomic E-state index is -0.115. The fraction of sp³-hybridized carbons (Fsp3) is 0.238. The van der Waals surface area contributed by atoms with E-state index in [9.17, 15) is 4.79 Å². The van der Waals surface area contributed by atoms with Crippen LogP contribution in [0.5, 0.6) is 5.75 Å². The van der Waals surface area contributed by atoms with Crippen LogP contribution in [-0.2, 0) is 4.79 Å². The Morgan fingerprint density at radius 1 is 1.29 bits per heavy atom. The normalized spacial score (nSPS) is 17.0. The van der Waals surface area contributed by atoms with Crippen molar-refractivity contribution in [2.45, 2.75) is 13.8 Å². The number of benzene rings is 2. The third-order valence-electron chi connectivity index (χ3n) is 4.42. The summed E-state index contributed by atoms with van der Waals surface area (Å²) in [5.74, 6) is 0.382. The highest BCUT2D eigenvalue weighted by Gasteiger charge is 2.35. The van der Waals surface area contributed by atoms with E-state index in [1.54, 1.807) is 30.2 Å². The van der Waals surface area contributed by atoms with Crippen LogP contribution in [0.1, 0.15) is 16.7 Å². The number of nitrogens with zero attached hydrogens (tertiary/aromatic N) is 2. The monoisotopic (exact) mass is 416 g/mol. The molecule has 1 heterocycles. The molecule has 0 saturated carbocycles.